The molecule has 2 aromatic heterocycles. The molecule has 0 unspecified atom stereocenters. The lowest BCUT2D eigenvalue weighted by molar-refractivity contribution is 0.0516. The molecule has 0 spiro atoms. The van der Waals surface area contributed by atoms with Crippen LogP contribution < -0.4 is 0 Å². The third-order valence-corrected chi connectivity index (χ3v) is 4.40. The van der Waals surface area contributed by atoms with Gasteiger partial charge in [-0.3, -0.25) is 0 Å². The molecule has 2 heterocycles. The van der Waals surface area contributed by atoms with Gasteiger partial charge in [0.15, 0.2) is 5.82 Å². The van der Waals surface area contributed by atoms with Crippen LogP contribution in [0.4, 0.5) is 5.69 Å². The first-order valence-electron chi connectivity index (χ1n) is 8.76. The van der Waals surface area contributed by atoms with Crippen molar-refractivity contribution < 1.29 is 9.53 Å². The molecule has 0 bridgehead atoms. The van der Waals surface area contributed by atoms with Crippen molar-refractivity contribution in [1.29, 1.82) is 0 Å². The third-order valence-electron chi connectivity index (χ3n) is 4.40. The molecule has 136 valence electrons. The summed E-state index contributed by atoms with van der Waals surface area (Å²) in [6.45, 7) is 11.7. The highest BCUT2D eigenvalue weighted by Gasteiger charge is 2.26. The monoisotopic (exact) mass is 360 g/mol. The number of benzene rings is 1. The molecule has 3 aromatic rings. The third kappa shape index (κ3) is 3.32. The number of hydrogen-bond acceptors (Lipinski definition) is 4. The van der Waals surface area contributed by atoms with E-state index in [4.69, 9.17) is 11.3 Å². The Balaban J connectivity index is 2.15. The van der Waals surface area contributed by atoms with E-state index in [1.54, 1.807) is 37.0 Å². The van der Waals surface area contributed by atoms with Crippen molar-refractivity contribution >= 4 is 11.7 Å². The Bertz CT molecular complexity index is 999. The number of carbonyl (C=O) groups excluding carboxylic acids is 1. The van der Waals surface area contributed by atoms with Crippen LogP contribution in [0, 0.1) is 6.57 Å². The molecule has 0 N–H and O–H groups in total. The van der Waals surface area contributed by atoms with Gasteiger partial charge in [0.2, 0.25) is 5.69 Å². The maximum absolute atomic E-state index is 12.6. The lowest BCUT2D eigenvalue weighted by Gasteiger charge is -2.09. The first-order valence-corrected chi connectivity index (χ1v) is 8.76. The lowest BCUT2D eigenvalue weighted by atomic mass is 10.0. The molecule has 0 saturated carbocycles. The molecule has 0 radical (unpaired) electrons. The Morgan fingerprint density at radius 3 is 2.33 bits per heavy atom. The zero-order valence-electron chi connectivity index (χ0n) is 15.6. The Morgan fingerprint density at radius 2 is 1.78 bits per heavy atom. The van der Waals surface area contributed by atoms with Crippen molar-refractivity contribution in [3.8, 4) is 22.5 Å². The molecule has 6 heteroatoms. The Morgan fingerprint density at radius 1 is 1.15 bits per heavy atom. The number of esters is 1. The van der Waals surface area contributed by atoms with Crippen molar-refractivity contribution in [2.45, 2.75) is 20.3 Å². The summed E-state index contributed by atoms with van der Waals surface area (Å²) in [5.41, 5.74) is 3.99. The minimum Gasteiger partial charge on any atom is -0.461 e. The maximum atomic E-state index is 12.6. The predicted molar refractivity (Wildman–Crippen MR) is 103 cm³/mol. The number of aromatic nitrogens is 3. The molecular weight excluding hydrogens is 340 g/mol. The molecule has 3 rings (SSSR count). The van der Waals surface area contributed by atoms with E-state index in [1.165, 1.54) is 0 Å². The minimum atomic E-state index is -0.421. The largest absolute Gasteiger partial charge is 0.461 e. The first-order chi connectivity index (χ1) is 13.1. The molecule has 27 heavy (non-hydrogen) atoms. The SMILES string of the molecule is [C-]#[N+]c1c(-c2ccc(-c3ncccn3)cc2)c(C(=O)OCC)n(C)c1CC. The van der Waals surface area contributed by atoms with E-state index in [9.17, 15) is 4.79 Å². The molecule has 0 aliphatic heterocycles. The molecular formula is C21H20N4O2. The molecule has 0 atom stereocenters. The second-order valence-electron chi connectivity index (χ2n) is 5.91. The van der Waals surface area contributed by atoms with E-state index >= 15 is 0 Å². The molecule has 0 fully saturated rings. The summed E-state index contributed by atoms with van der Waals surface area (Å²) >= 11 is 0. The summed E-state index contributed by atoms with van der Waals surface area (Å²) in [6, 6.07) is 9.33. The van der Waals surface area contributed by atoms with Gasteiger partial charge < -0.3 is 9.30 Å². The van der Waals surface area contributed by atoms with Crippen LogP contribution in [0.2, 0.25) is 0 Å². The fraction of sp³-hybridized carbons (Fsp3) is 0.238. The lowest BCUT2D eigenvalue weighted by Crippen LogP contribution is -2.12. The topological polar surface area (TPSA) is 61.4 Å². The maximum Gasteiger partial charge on any atom is 0.354 e. The summed E-state index contributed by atoms with van der Waals surface area (Å²) in [5, 5.41) is 0. The number of ether oxygens (including phenoxy) is 1. The molecule has 0 amide bonds. The van der Waals surface area contributed by atoms with Crippen LogP contribution in [0.3, 0.4) is 0 Å². The highest BCUT2D eigenvalue weighted by atomic mass is 16.5. The van der Waals surface area contributed by atoms with E-state index in [2.05, 4.69) is 14.8 Å². The average Bonchev–Trinajstić information content (AvgIpc) is 3.00. The van der Waals surface area contributed by atoms with Crippen LogP contribution in [0.25, 0.3) is 27.4 Å². The highest BCUT2D eigenvalue weighted by Crippen LogP contribution is 2.40. The normalized spacial score (nSPS) is 10.4. The van der Waals surface area contributed by atoms with Gasteiger partial charge in [0.05, 0.1) is 13.2 Å². The van der Waals surface area contributed by atoms with E-state index in [-0.39, 0.29) is 6.61 Å². The van der Waals surface area contributed by atoms with Gasteiger partial charge in [-0.05, 0) is 25.0 Å². The summed E-state index contributed by atoms with van der Waals surface area (Å²) < 4.78 is 7.01. The van der Waals surface area contributed by atoms with Gasteiger partial charge in [-0.1, -0.05) is 31.2 Å². The smallest absolute Gasteiger partial charge is 0.354 e. The summed E-state index contributed by atoms with van der Waals surface area (Å²) in [5.74, 6) is 0.206. The van der Waals surface area contributed by atoms with Crippen LogP contribution in [0.1, 0.15) is 30.0 Å². The predicted octanol–water partition coefficient (Wildman–Crippen LogP) is 4.44. The number of carbonyl (C=O) groups is 1. The number of hydrogen-bond donors (Lipinski definition) is 0. The molecule has 6 nitrogen and oxygen atoms in total. The Hall–Kier alpha value is -3.46. The van der Waals surface area contributed by atoms with Crippen molar-refractivity contribution in [1.82, 2.24) is 14.5 Å². The van der Waals surface area contributed by atoms with Crippen LogP contribution in [0.5, 0.6) is 0 Å². The van der Waals surface area contributed by atoms with Crippen molar-refractivity contribution in [2.24, 2.45) is 7.05 Å². The van der Waals surface area contributed by atoms with Gasteiger partial charge in [-0.2, -0.15) is 0 Å². The highest BCUT2D eigenvalue weighted by molar-refractivity contribution is 6.01. The number of rotatable bonds is 5. The summed E-state index contributed by atoms with van der Waals surface area (Å²) in [7, 11) is 1.80. The zero-order chi connectivity index (χ0) is 19.4. The van der Waals surface area contributed by atoms with Crippen molar-refractivity contribution in [2.75, 3.05) is 6.61 Å². The summed E-state index contributed by atoms with van der Waals surface area (Å²) in [6.07, 6.45) is 4.03. The van der Waals surface area contributed by atoms with Crippen molar-refractivity contribution in [3.63, 3.8) is 0 Å². The Labute approximate surface area is 158 Å². The second kappa shape index (κ2) is 7.83. The molecule has 0 aliphatic rings. The van der Waals surface area contributed by atoms with Crippen LogP contribution in [0.15, 0.2) is 42.7 Å². The average molecular weight is 360 g/mol. The van der Waals surface area contributed by atoms with Crippen molar-refractivity contribution in [3.05, 3.63) is 65.5 Å². The number of nitrogens with zero attached hydrogens (tertiary/aromatic N) is 4. The van der Waals surface area contributed by atoms with Crippen LogP contribution >= 0.6 is 0 Å². The zero-order valence-corrected chi connectivity index (χ0v) is 15.6. The molecule has 0 aliphatic carbocycles. The van der Waals surface area contributed by atoms with Crippen LogP contribution in [-0.2, 0) is 18.2 Å². The minimum absolute atomic E-state index is 0.280. The van der Waals surface area contributed by atoms with E-state index in [0.29, 0.717) is 29.2 Å². The van der Waals surface area contributed by atoms with Gasteiger partial charge in [0.25, 0.3) is 0 Å². The fourth-order valence-corrected chi connectivity index (χ4v) is 3.19. The second-order valence-corrected chi connectivity index (χ2v) is 5.91. The summed E-state index contributed by atoms with van der Waals surface area (Å²) in [4.78, 5) is 24.8. The Kier molecular flexibility index (Phi) is 5.32. The van der Waals surface area contributed by atoms with E-state index in [1.807, 2.05) is 31.2 Å². The quantitative estimate of drug-likeness (QED) is 0.498. The van der Waals surface area contributed by atoms with Gasteiger partial charge in [0.1, 0.15) is 5.69 Å². The first kappa shape index (κ1) is 18.3. The van der Waals surface area contributed by atoms with Gasteiger partial charge in [-0.25, -0.2) is 19.6 Å². The van der Waals surface area contributed by atoms with Gasteiger partial charge in [-0.15, -0.1) is 0 Å². The van der Waals surface area contributed by atoms with Gasteiger partial charge >= 0.3 is 5.97 Å². The van der Waals surface area contributed by atoms with E-state index in [0.717, 1.165) is 16.8 Å². The van der Waals surface area contributed by atoms with Crippen LogP contribution in [-0.4, -0.2) is 27.1 Å². The van der Waals surface area contributed by atoms with Gasteiger partial charge in [0, 0.05) is 36.3 Å². The van der Waals surface area contributed by atoms with E-state index < -0.39 is 5.97 Å². The molecule has 1 aromatic carbocycles. The fourth-order valence-electron chi connectivity index (χ4n) is 3.19. The molecule has 0 saturated heterocycles. The standard InChI is InChI=1S/C21H20N4O2/c1-5-16-18(22-3)17(19(25(16)4)21(26)27-6-2)14-8-10-15(11-9-14)20-23-12-7-13-24-20/h7-13H,5-6H2,1-2,4H3.